The highest BCUT2D eigenvalue weighted by molar-refractivity contribution is 7.90. The van der Waals surface area contributed by atoms with Crippen molar-refractivity contribution in [3.8, 4) is 5.75 Å². The molecular weight excluding hydrogens is 394 g/mol. The zero-order chi connectivity index (χ0) is 20.0. The van der Waals surface area contributed by atoms with E-state index in [-0.39, 0.29) is 0 Å². The van der Waals surface area contributed by atoms with Crippen LogP contribution in [0, 0.1) is 5.92 Å². The minimum absolute atomic E-state index is 0.321. The van der Waals surface area contributed by atoms with Crippen LogP contribution in [0.15, 0.2) is 53.4 Å². The second kappa shape index (κ2) is 9.77. The fourth-order valence-electron chi connectivity index (χ4n) is 3.63. The standard InChI is InChI=1S/C22H28ClNO3S/c1-28(25,26)22-10-8-21(9-11-22)27-17-19-5-2-3-13-24(16-19)14-12-18-6-4-7-20(23)15-18/h4,6-11,15,19H,2-3,5,12-14,16-17H2,1H3/t19-/m0/s1. The largest absolute Gasteiger partial charge is 0.493 e. The van der Waals surface area contributed by atoms with Gasteiger partial charge in [-0.05, 0) is 67.8 Å². The van der Waals surface area contributed by atoms with E-state index in [2.05, 4.69) is 11.0 Å². The molecule has 1 aliphatic rings. The first-order valence-corrected chi connectivity index (χ1v) is 12.1. The number of sulfone groups is 1. The highest BCUT2D eigenvalue weighted by atomic mass is 35.5. The normalized spacial score (nSPS) is 18.6. The van der Waals surface area contributed by atoms with Gasteiger partial charge in [-0.2, -0.15) is 0 Å². The van der Waals surface area contributed by atoms with Crippen LogP contribution in [0.3, 0.4) is 0 Å². The molecule has 0 aliphatic carbocycles. The minimum atomic E-state index is -3.17. The van der Waals surface area contributed by atoms with Crippen molar-refractivity contribution in [2.45, 2.75) is 30.6 Å². The predicted octanol–water partition coefficient (Wildman–Crippen LogP) is 4.47. The number of ether oxygens (including phenoxy) is 1. The Morgan fingerprint density at radius 2 is 1.93 bits per heavy atom. The van der Waals surface area contributed by atoms with E-state index in [9.17, 15) is 8.42 Å². The van der Waals surface area contributed by atoms with E-state index in [4.69, 9.17) is 16.3 Å². The summed E-state index contributed by atoms with van der Waals surface area (Å²) in [6.07, 6.45) is 5.81. The number of rotatable bonds is 7. The van der Waals surface area contributed by atoms with Gasteiger partial charge in [0.05, 0.1) is 11.5 Å². The fraction of sp³-hybridized carbons (Fsp3) is 0.455. The van der Waals surface area contributed by atoms with Crippen molar-refractivity contribution in [1.29, 1.82) is 0 Å². The zero-order valence-electron chi connectivity index (χ0n) is 16.3. The fourth-order valence-corrected chi connectivity index (χ4v) is 4.48. The Morgan fingerprint density at radius 1 is 1.14 bits per heavy atom. The van der Waals surface area contributed by atoms with Gasteiger partial charge in [-0.15, -0.1) is 0 Å². The van der Waals surface area contributed by atoms with Crippen molar-refractivity contribution >= 4 is 21.4 Å². The lowest BCUT2D eigenvalue weighted by Crippen LogP contribution is -2.32. The van der Waals surface area contributed by atoms with Crippen LogP contribution in [0.5, 0.6) is 5.75 Å². The third kappa shape index (κ3) is 6.50. The molecule has 1 atom stereocenters. The Balaban J connectivity index is 1.51. The Kier molecular flexibility index (Phi) is 7.38. The molecule has 0 aromatic heterocycles. The van der Waals surface area contributed by atoms with E-state index in [1.54, 1.807) is 24.3 Å². The van der Waals surface area contributed by atoms with Crippen molar-refractivity contribution in [1.82, 2.24) is 4.90 Å². The van der Waals surface area contributed by atoms with Gasteiger partial charge in [-0.1, -0.05) is 30.2 Å². The van der Waals surface area contributed by atoms with Gasteiger partial charge >= 0.3 is 0 Å². The SMILES string of the molecule is CS(=O)(=O)c1ccc(OC[C@H]2CCCCN(CCc3cccc(Cl)c3)C2)cc1. The van der Waals surface area contributed by atoms with Crippen molar-refractivity contribution in [2.75, 3.05) is 32.5 Å². The van der Waals surface area contributed by atoms with Crippen LogP contribution >= 0.6 is 11.6 Å². The summed E-state index contributed by atoms with van der Waals surface area (Å²) >= 11 is 6.09. The first-order valence-electron chi connectivity index (χ1n) is 9.80. The highest BCUT2D eigenvalue weighted by Gasteiger charge is 2.19. The number of benzene rings is 2. The van der Waals surface area contributed by atoms with Gasteiger partial charge in [-0.3, -0.25) is 0 Å². The third-order valence-electron chi connectivity index (χ3n) is 5.20. The summed E-state index contributed by atoms with van der Waals surface area (Å²) in [5, 5.41) is 0.793. The molecule has 1 saturated heterocycles. The Labute approximate surface area is 173 Å². The molecule has 0 N–H and O–H groups in total. The van der Waals surface area contributed by atoms with E-state index in [1.165, 1.54) is 24.7 Å². The summed E-state index contributed by atoms with van der Waals surface area (Å²) < 4.78 is 29.1. The van der Waals surface area contributed by atoms with Crippen molar-refractivity contribution in [2.24, 2.45) is 5.92 Å². The smallest absolute Gasteiger partial charge is 0.175 e. The molecule has 6 heteroatoms. The molecule has 0 bridgehead atoms. The van der Waals surface area contributed by atoms with Crippen LogP contribution in [0.2, 0.25) is 5.02 Å². The molecule has 0 amide bonds. The number of likely N-dealkylation sites (tertiary alicyclic amines) is 1. The molecule has 1 aliphatic heterocycles. The monoisotopic (exact) mass is 421 g/mol. The van der Waals surface area contributed by atoms with Crippen LogP contribution in [0.4, 0.5) is 0 Å². The second-order valence-electron chi connectivity index (χ2n) is 7.60. The molecule has 4 nitrogen and oxygen atoms in total. The van der Waals surface area contributed by atoms with E-state index in [0.29, 0.717) is 17.4 Å². The maximum atomic E-state index is 11.6. The first kappa shape index (κ1) is 21.2. The van der Waals surface area contributed by atoms with Gasteiger partial charge in [0.1, 0.15) is 5.75 Å². The molecule has 0 unspecified atom stereocenters. The molecule has 3 rings (SSSR count). The lowest BCUT2D eigenvalue weighted by Gasteiger charge is -2.24. The van der Waals surface area contributed by atoms with Gasteiger partial charge in [-0.25, -0.2) is 8.42 Å². The first-order chi connectivity index (χ1) is 13.4. The zero-order valence-corrected chi connectivity index (χ0v) is 17.9. The van der Waals surface area contributed by atoms with Crippen LogP contribution in [-0.2, 0) is 16.3 Å². The van der Waals surface area contributed by atoms with E-state index >= 15 is 0 Å². The molecule has 152 valence electrons. The molecule has 2 aromatic rings. The Hall–Kier alpha value is -1.56. The van der Waals surface area contributed by atoms with Crippen LogP contribution in [0.1, 0.15) is 24.8 Å². The summed E-state index contributed by atoms with van der Waals surface area (Å²) in [6, 6.07) is 14.8. The quantitative estimate of drug-likeness (QED) is 0.661. The van der Waals surface area contributed by atoms with E-state index in [0.717, 1.165) is 43.2 Å². The molecule has 0 spiro atoms. The molecule has 0 saturated carbocycles. The summed E-state index contributed by atoms with van der Waals surface area (Å²) in [6.45, 7) is 3.84. The summed E-state index contributed by atoms with van der Waals surface area (Å²) in [4.78, 5) is 2.84. The lowest BCUT2D eigenvalue weighted by atomic mass is 10.0. The molecule has 1 fully saturated rings. The molecule has 2 aromatic carbocycles. The number of hydrogen-bond donors (Lipinski definition) is 0. The Bertz CT molecular complexity index is 868. The Morgan fingerprint density at radius 3 is 2.64 bits per heavy atom. The molecule has 0 radical (unpaired) electrons. The van der Waals surface area contributed by atoms with E-state index < -0.39 is 9.84 Å². The van der Waals surface area contributed by atoms with Crippen molar-refractivity contribution < 1.29 is 13.2 Å². The average molecular weight is 422 g/mol. The second-order valence-corrected chi connectivity index (χ2v) is 10.0. The number of nitrogens with zero attached hydrogens (tertiary/aromatic N) is 1. The minimum Gasteiger partial charge on any atom is -0.493 e. The predicted molar refractivity (Wildman–Crippen MR) is 114 cm³/mol. The third-order valence-corrected chi connectivity index (χ3v) is 6.56. The van der Waals surface area contributed by atoms with Gasteiger partial charge in [0.15, 0.2) is 9.84 Å². The molecule has 1 heterocycles. The summed E-state index contributed by atoms with van der Waals surface area (Å²) in [5.74, 6) is 1.21. The molecule has 28 heavy (non-hydrogen) atoms. The van der Waals surface area contributed by atoms with Crippen LogP contribution in [-0.4, -0.2) is 45.8 Å². The lowest BCUT2D eigenvalue weighted by molar-refractivity contribution is 0.188. The summed E-state index contributed by atoms with van der Waals surface area (Å²) in [5.41, 5.74) is 1.27. The maximum absolute atomic E-state index is 11.6. The van der Waals surface area contributed by atoms with Crippen molar-refractivity contribution in [3.63, 3.8) is 0 Å². The highest BCUT2D eigenvalue weighted by Crippen LogP contribution is 2.21. The van der Waals surface area contributed by atoms with Gasteiger partial charge in [0.2, 0.25) is 0 Å². The van der Waals surface area contributed by atoms with E-state index in [1.807, 2.05) is 18.2 Å². The average Bonchev–Trinajstić information content (AvgIpc) is 2.90. The van der Waals surface area contributed by atoms with Gasteiger partial charge in [0, 0.05) is 30.3 Å². The summed E-state index contributed by atoms with van der Waals surface area (Å²) in [7, 11) is -3.17. The maximum Gasteiger partial charge on any atom is 0.175 e. The number of hydrogen-bond acceptors (Lipinski definition) is 4. The van der Waals surface area contributed by atoms with Crippen LogP contribution < -0.4 is 4.74 Å². The van der Waals surface area contributed by atoms with Crippen LogP contribution in [0.25, 0.3) is 0 Å². The topological polar surface area (TPSA) is 46.6 Å². The van der Waals surface area contributed by atoms with Gasteiger partial charge in [0.25, 0.3) is 0 Å². The van der Waals surface area contributed by atoms with Gasteiger partial charge < -0.3 is 9.64 Å². The number of halogens is 1. The van der Waals surface area contributed by atoms with Crippen molar-refractivity contribution in [3.05, 3.63) is 59.1 Å². The molecular formula is C22H28ClNO3S.